The average Bonchev–Trinajstić information content (AvgIpc) is 2.98. The molecule has 2 saturated carbocycles. The van der Waals surface area contributed by atoms with Gasteiger partial charge in [-0.1, -0.05) is 52.9 Å². The van der Waals surface area contributed by atoms with Gasteiger partial charge in [0, 0.05) is 11.5 Å². The highest BCUT2D eigenvalue weighted by molar-refractivity contribution is 6.74. The molecule has 1 N–H and O–H groups in total. The van der Waals surface area contributed by atoms with Gasteiger partial charge in [0.25, 0.3) is 0 Å². The molecule has 2 fully saturated rings. The van der Waals surface area contributed by atoms with E-state index in [-0.39, 0.29) is 16.6 Å². The van der Waals surface area contributed by atoms with Gasteiger partial charge in [0.1, 0.15) is 5.75 Å². The van der Waals surface area contributed by atoms with Crippen molar-refractivity contribution in [2.45, 2.75) is 91.0 Å². The number of hydrogen-bond donors (Lipinski definition) is 1. The zero-order valence-electron chi connectivity index (χ0n) is 19.5. The van der Waals surface area contributed by atoms with E-state index in [1.807, 2.05) is 0 Å². The molecule has 2 aliphatic rings. The number of fused-ring (bicyclic) bond motifs is 1. The fourth-order valence-electron chi connectivity index (χ4n) is 5.36. The van der Waals surface area contributed by atoms with E-state index >= 15 is 0 Å². The molecule has 2 aliphatic carbocycles. The van der Waals surface area contributed by atoms with Crippen LogP contribution in [0.4, 0.5) is 0 Å². The Morgan fingerprint density at radius 3 is 2.41 bits per heavy atom. The molecule has 160 valence electrons. The molecule has 0 amide bonds. The fourth-order valence-corrected chi connectivity index (χ4v) is 6.39. The molecule has 0 heterocycles. The Balaban J connectivity index is 1.67. The molecule has 0 spiro atoms. The van der Waals surface area contributed by atoms with Crippen molar-refractivity contribution in [2.24, 2.45) is 23.2 Å². The third-order valence-corrected chi connectivity index (χ3v) is 12.6. The van der Waals surface area contributed by atoms with Crippen LogP contribution in [-0.4, -0.2) is 19.5 Å². The van der Waals surface area contributed by atoms with Crippen molar-refractivity contribution in [1.29, 1.82) is 0 Å². The van der Waals surface area contributed by atoms with Crippen molar-refractivity contribution in [3.8, 4) is 17.6 Å². The molecule has 3 unspecified atom stereocenters. The lowest BCUT2D eigenvalue weighted by Gasteiger charge is -2.44. The molecular weight excluding hydrogens is 372 g/mol. The zero-order valence-corrected chi connectivity index (χ0v) is 20.5. The maximum Gasteiger partial charge on any atom is 0.250 e. The molecule has 2 nitrogen and oxygen atoms in total. The molecule has 0 saturated heterocycles. The van der Waals surface area contributed by atoms with E-state index in [2.05, 4.69) is 83.8 Å². The van der Waals surface area contributed by atoms with Crippen molar-refractivity contribution in [2.75, 3.05) is 0 Å². The van der Waals surface area contributed by atoms with Crippen LogP contribution in [-0.2, 0) is 0 Å². The molecule has 0 aromatic heterocycles. The van der Waals surface area contributed by atoms with Crippen LogP contribution in [0.2, 0.25) is 18.1 Å². The average molecular weight is 413 g/mol. The SMILES string of the molecule is C[C@H](C#Cc1ccc(O[Si](C)(C)C(C)(C)C)cc1)C1CCC2C(O)CCC[C@@]21C. The molecule has 0 aliphatic heterocycles. The van der Waals surface area contributed by atoms with Crippen LogP contribution < -0.4 is 4.43 Å². The van der Waals surface area contributed by atoms with Gasteiger partial charge in [0.05, 0.1) is 6.10 Å². The number of aliphatic hydroxyl groups is 1. The Hall–Kier alpha value is -1.24. The first kappa shape index (κ1) is 22.4. The van der Waals surface area contributed by atoms with Crippen LogP contribution in [0, 0.1) is 35.0 Å². The lowest BCUT2D eigenvalue weighted by atomic mass is 9.62. The van der Waals surface area contributed by atoms with Crippen LogP contribution in [0.25, 0.3) is 0 Å². The summed E-state index contributed by atoms with van der Waals surface area (Å²) in [6.45, 7) is 16.0. The van der Waals surface area contributed by atoms with Gasteiger partial charge in [-0.2, -0.15) is 0 Å². The van der Waals surface area contributed by atoms with Gasteiger partial charge in [-0.25, -0.2) is 0 Å². The fraction of sp³-hybridized carbons (Fsp3) is 0.692. The van der Waals surface area contributed by atoms with E-state index in [1.54, 1.807) is 0 Å². The molecule has 3 heteroatoms. The van der Waals surface area contributed by atoms with Crippen molar-refractivity contribution in [1.82, 2.24) is 0 Å². The Bertz CT molecular complexity index is 765. The Morgan fingerprint density at radius 2 is 1.79 bits per heavy atom. The minimum Gasteiger partial charge on any atom is -0.544 e. The van der Waals surface area contributed by atoms with Gasteiger partial charge in [-0.15, -0.1) is 0 Å². The third kappa shape index (κ3) is 4.59. The largest absolute Gasteiger partial charge is 0.544 e. The van der Waals surface area contributed by atoms with E-state index in [0.717, 1.165) is 30.6 Å². The highest BCUT2D eigenvalue weighted by Crippen LogP contribution is 2.57. The van der Waals surface area contributed by atoms with Crippen LogP contribution in [0.15, 0.2) is 24.3 Å². The quantitative estimate of drug-likeness (QED) is 0.445. The van der Waals surface area contributed by atoms with Gasteiger partial charge in [-0.05, 0) is 85.3 Å². The standard InChI is InChI=1S/C26H40O2Si/c1-19(22-16-17-23-24(27)9-8-18-26(22,23)5)10-11-20-12-14-21(15-13-20)28-29(6,7)25(2,3)4/h12-15,19,22-24,27H,8-9,16-18H2,1-7H3/t19-,22?,23?,24?,26-/m1/s1. The summed E-state index contributed by atoms with van der Waals surface area (Å²) >= 11 is 0. The van der Waals surface area contributed by atoms with Crippen molar-refractivity contribution in [3.63, 3.8) is 0 Å². The highest BCUT2D eigenvalue weighted by atomic mass is 28.4. The van der Waals surface area contributed by atoms with Crippen molar-refractivity contribution in [3.05, 3.63) is 29.8 Å². The Kier molecular flexibility index (Phi) is 6.28. The molecule has 0 radical (unpaired) electrons. The van der Waals surface area contributed by atoms with Gasteiger partial charge >= 0.3 is 0 Å². The Morgan fingerprint density at radius 1 is 1.14 bits per heavy atom. The van der Waals surface area contributed by atoms with Gasteiger partial charge < -0.3 is 9.53 Å². The smallest absolute Gasteiger partial charge is 0.250 e. The molecule has 1 aromatic carbocycles. The summed E-state index contributed by atoms with van der Waals surface area (Å²) in [5.74, 6) is 9.33. The predicted octanol–water partition coefficient (Wildman–Crippen LogP) is 6.64. The highest BCUT2D eigenvalue weighted by Gasteiger charge is 2.52. The molecule has 3 rings (SSSR count). The second kappa shape index (κ2) is 8.12. The minimum absolute atomic E-state index is 0.104. The lowest BCUT2D eigenvalue weighted by Crippen LogP contribution is -2.43. The summed E-state index contributed by atoms with van der Waals surface area (Å²) in [7, 11) is -1.80. The predicted molar refractivity (Wildman–Crippen MR) is 124 cm³/mol. The van der Waals surface area contributed by atoms with Crippen LogP contribution in [0.3, 0.4) is 0 Å². The number of aliphatic hydroxyl groups excluding tert-OH is 1. The van der Waals surface area contributed by atoms with Gasteiger partial charge in [0.2, 0.25) is 8.32 Å². The minimum atomic E-state index is -1.80. The van der Waals surface area contributed by atoms with E-state index < -0.39 is 8.32 Å². The van der Waals surface area contributed by atoms with E-state index in [0.29, 0.717) is 17.8 Å². The number of benzene rings is 1. The maximum absolute atomic E-state index is 10.5. The maximum atomic E-state index is 10.5. The monoisotopic (exact) mass is 412 g/mol. The van der Waals surface area contributed by atoms with Crippen LogP contribution in [0.1, 0.15) is 72.3 Å². The number of hydrogen-bond acceptors (Lipinski definition) is 2. The topological polar surface area (TPSA) is 29.5 Å². The molecule has 1 aromatic rings. The molecule has 0 bridgehead atoms. The molecule has 29 heavy (non-hydrogen) atoms. The third-order valence-electron chi connectivity index (χ3n) is 8.24. The number of rotatable bonds is 3. The Labute approximate surface area is 179 Å². The summed E-state index contributed by atoms with van der Waals surface area (Å²) < 4.78 is 6.38. The summed E-state index contributed by atoms with van der Waals surface area (Å²) in [6.07, 6.45) is 5.63. The normalized spacial score (nSPS) is 30.8. The first-order valence-corrected chi connectivity index (χ1v) is 14.3. The zero-order chi connectivity index (χ0) is 21.4. The van der Waals surface area contributed by atoms with E-state index in [4.69, 9.17) is 4.43 Å². The molecule has 5 atom stereocenters. The van der Waals surface area contributed by atoms with Crippen LogP contribution >= 0.6 is 0 Å². The van der Waals surface area contributed by atoms with Gasteiger partial charge in [-0.3, -0.25) is 0 Å². The van der Waals surface area contributed by atoms with Crippen LogP contribution in [0.5, 0.6) is 5.75 Å². The summed E-state index contributed by atoms with van der Waals surface area (Å²) in [5, 5.41) is 10.7. The second-order valence-corrected chi connectivity index (χ2v) is 15.9. The van der Waals surface area contributed by atoms with Gasteiger partial charge in [0.15, 0.2) is 0 Å². The summed E-state index contributed by atoms with van der Waals surface area (Å²) in [6, 6.07) is 8.32. The van der Waals surface area contributed by atoms with Crippen molar-refractivity contribution >= 4 is 8.32 Å². The van der Waals surface area contributed by atoms with E-state index in [9.17, 15) is 5.11 Å². The molecular formula is C26H40O2Si. The second-order valence-electron chi connectivity index (χ2n) is 11.2. The van der Waals surface area contributed by atoms with Crippen molar-refractivity contribution < 1.29 is 9.53 Å². The van der Waals surface area contributed by atoms with E-state index in [1.165, 1.54) is 12.8 Å². The first-order chi connectivity index (χ1) is 13.4. The summed E-state index contributed by atoms with van der Waals surface area (Å²) in [4.78, 5) is 0. The lowest BCUT2D eigenvalue weighted by molar-refractivity contribution is -0.0224. The first-order valence-electron chi connectivity index (χ1n) is 11.4. The summed E-state index contributed by atoms with van der Waals surface area (Å²) in [5.41, 5.74) is 1.31.